The first-order chi connectivity index (χ1) is 9.43. The first kappa shape index (κ1) is 17.1. The maximum atomic E-state index is 12.1. The van der Waals surface area contributed by atoms with E-state index in [-0.39, 0.29) is 4.90 Å². The van der Waals surface area contributed by atoms with Crippen LogP contribution in [0.3, 0.4) is 0 Å². The van der Waals surface area contributed by atoms with Crippen LogP contribution in [0.25, 0.3) is 0 Å². The molecule has 0 atom stereocenters. The highest BCUT2D eigenvalue weighted by atomic mass is 32.2. The summed E-state index contributed by atoms with van der Waals surface area (Å²) >= 11 is 0. The van der Waals surface area contributed by atoms with Gasteiger partial charge in [0, 0.05) is 0 Å². The predicted octanol–water partition coefficient (Wildman–Crippen LogP) is -0.367. The van der Waals surface area contributed by atoms with Gasteiger partial charge in [-0.3, -0.25) is 0 Å². The van der Waals surface area contributed by atoms with Crippen molar-refractivity contribution in [3.63, 3.8) is 0 Å². The molecule has 114 valence electrons. The van der Waals surface area contributed by atoms with E-state index in [0.717, 1.165) is 18.4 Å². The van der Waals surface area contributed by atoms with Gasteiger partial charge in [-0.15, -0.1) is 0 Å². The SMILES string of the molecule is CCCc1ccc(S(=O)(=O)NC(CO)(CO)CO)cc1. The van der Waals surface area contributed by atoms with Gasteiger partial charge in [-0.05, 0) is 24.1 Å². The number of aliphatic hydroxyl groups excluding tert-OH is 3. The van der Waals surface area contributed by atoms with Crippen LogP contribution in [0.2, 0.25) is 0 Å². The van der Waals surface area contributed by atoms with Gasteiger partial charge >= 0.3 is 0 Å². The van der Waals surface area contributed by atoms with Crippen LogP contribution in [-0.4, -0.2) is 49.1 Å². The molecule has 0 heterocycles. The molecule has 0 aliphatic heterocycles. The summed E-state index contributed by atoms with van der Waals surface area (Å²) in [5.74, 6) is 0. The fourth-order valence-electron chi connectivity index (χ4n) is 1.71. The van der Waals surface area contributed by atoms with Crippen LogP contribution in [-0.2, 0) is 16.4 Å². The number of aryl methyl sites for hydroxylation is 1. The molecular weight excluding hydrogens is 282 g/mol. The van der Waals surface area contributed by atoms with Gasteiger partial charge < -0.3 is 15.3 Å². The molecule has 0 spiro atoms. The Balaban J connectivity index is 2.98. The number of aliphatic hydroxyl groups is 3. The molecule has 0 aromatic heterocycles. The zero-order valence-electron chi connectivity index (χ0n) is 11.4. The van der Waals surface area contributed by atoms with E-state index in [1.165, 1.54) is 12.1 Å². The summed E-state index contributed by atoms with van der Waals surface area (Å²) in [6.45, 7) is -0.0717. The summed E-state index contributed by atoms with van der Waals surface area (Å²) in [6, 6.07) is 6.36. The number of sulfonamides is 1. The lowest BCUT2D eigenvalue weighted by Gasteiger charge is -2.28. The number of benzene rings is 1. The highest BCUT2D eigenvalue weighted by molar-refractivity contribution is 7.89. The van der Waals surface area contributed by atoms with E-state index in [1.54, 1.807) is 12.1 Å². The molecule has 0 saturated carbocycles. The Labute approximate surface area is 119 Å². The lowest BCUT2D eigenvalue weighted by Crippen LogP contribution is -2.56. The quantitative estimate of drug-likeness (QED) is 0.524. The van der Waals surface area contributed by atoms with Gasteiger partial charge in [0.05, 0.1) is 24.7 Å². The molecule has 0 saturated heterocycles. The highest BCUT2D eigenvalue weighted by Gasteiger charge is 2.33. The van der Waals surface area contributed by atoms with Gasteiger partial charge in [-0.1, -0.05) is 25.5 Å². The van der Waals surface area contributed by atoms with Crippen molar-refractivity contribution in [2.24, 2.45) is 0 Å². The van der Waals surface area contributed by atoms with Crippen LogP contribution >= 0.6 is 0 Å². The molecular formula is C13H21NO5S. The lowest BCUT2D eigenvalue weighted by molar-refractivity contribution is 0.0582. The van der Waals surface area contributed by atoms with E-state index in [0.29, 0.717) is 0 Å². The highest BCUT2D eigenvalue weighted by Crippen LogP contribution is 2.15. The second kappa shape index (κ2) is 7.14. The standard InChI is InChI=1S/C13H21NO5S/c1-2-3-11-4-6-12(7-5-11)20(18,19)14-13(8-15,9-16)10-17/h4-7,14-17H,2-3,8-10H2,1H3. The summed E-state index contributed by atoms with van der Waals surface area (Å²) < 4.78 is 26.4. The Morgan fingerprint density at radius 3 is 1.95 bits per heavy atom. The van der Waals surface area contributed by atoms with Crippen LogP contribution in [0.5, 0.6) is 0 Å². The van der Waals surface area contributed by atoms with Crippen LogP contribution in [0.15, 0.2) is 29.2 Å². The zero-order chi connectivity index (χ0) is 15.2. The number of nitrogens with one attached hydrogen (secondary N) is 1. The van der Waals surface area contributed by atoms with E-state index in [4.69, 9.17) is 15.3 Å². The van der Waals surface area contributed by atoms with Crippen molar-refractivity contribution in [1.82, 2.24) is 4.72 Å². The molecule has 0 unspecified atom stereocenters. The summed E-state index contributed by atoms with van der Waals surface area (Å²) in [6.07, 6.45) is 1.83. The average Bonchev–Trinajstić information content (AvgIpc) is 2.46. The molecule has 0 bridgehead atoms. The smallest absolute Gasteiger partial charge is 0.241 e. The molecule has 1 aromatic rings. The lowest BCUT2D eigenvalue weighted by atomic mass is 10.1. The van der Waals surface area contributed by atoms with Gasteiger partial charge in [0.1, 0.15) is 5.54 Å². The Kier molecular flexibility index (Phi) is 6.09. The van der Waals surface area contributed by atoms with E-state index in [9.17, 15) is 8.42 Å². The first-order valence-electron chi connectivity index (χ1n) is 6.38. The fraction of sp³-hybridized carbons (Fsp3) is 0.538. The summed E-state index contributed by atoms with van der Waals surface area (Å²) in [5.41, 5.74) is -0.634. The number of hydrogen-bond acceptors (Lipinski definition) is 5. The Morgan fingerprint density at radius 2 is 1.55 bits per heavy atom. The first-order valence-corrected chi connectivity index (χ1v) is 7.87. The molecule has 0 aliphatic carbocycles. The molecule has 0 aliphatic rings. The largest absolute Gasteiger partial charge is 0.394 e. The molecule has 0 radical (unpaired) electrons. The second-order valence-electron chi connectivity index (χ2n) is 4.75. The van der Waals surface area contributed by atoms with Crippen LogP contribution in [0.1, 0.15) is 18.9 Å². The Morgan fingerprint density at radius 1 is 1.05 bits per heavy atom. The normalized spacial score (nSPS) is 12.6. The van der Waals surface area contributed by atoms with Crippen LogP contribution < -0.4 is 4.72 Å². The van der Waals surface area contributed by atoms with Crippen molar-refractivity contribution in [3.05, 3.63) is 29.8 Å². The van der Waals surface area contributed by atoms with E-state index in [2.05, 4.69) is 4.72 Å². The molecule has 20 heavy (non-hydrogen) atoms. The summed E-state index contributed by atoms with van der Waals surface area (Å²) in [4.78, 5) is 0.0251. The molecule has 7 heteroatoms. The van der Waals surface area contributed by atoms with Gasteiger partial charge in [-0.25, -0.2) is 8.42 Å². The minimum Gasteiger partial charge on any atom is -0.394 e. The minimum absolute atomic E-state index is 0.0251. The topological polar surface area (TPSA) is 107 Å². The molecule has 6 nitrogen and oxygen atoms in total. The van der Waals surface area contributed by atoms with Crippen molar-refractivity contribution in [3.8, 4) is 0 Å². The monoisotopic (exact) mass is 303 g/mol. The van der Waals surface area contributed by atoms with Crippen molar-refractivity contribution < 1.29 is 23.7 Å². The third-order valence-corrected chi connectivity index (χ3v) is 4.63. The Bertz CT molecular complexity index is 500. The van der Waals surface area contributed by atoms with Crippen molar-refractivity contribution in [1.29, 1.82) is 0 Å². The number of hydrogen-bond donors (Lipinski definition) is 4. The third kappa shape index (κ3) is 4.00. The second-order valence-corrected chi connectivity index (χ2v) is 6.44. The van der Waals surface area contributed by atoms with Crippen molar-refractivity contribution in [2.45, 2.75) is 30.2 Å². The van der Waals surface area contributed by atoms with Crippen LogP contribution in [0.4, 0.5) is 0 Å². The molecule has 0 fully saturated rings. The number of rotatable bonds is 8. The molecule has 1 rings (SSSR count). The molecule has 4 N–H and O–H groups in total. The zero-order valence-corrected chi connectivity index (χ0v) is 12.2. The van der Waals surface area contributed by atoms with Crippen molar-refractivity contribution in [2.75, 3.05) is 19.8 Å². The fourth-order valence-corrected chi connectivity index (χ4v) is 3.09. The third-order valence-electron chi connectivity index (χ3n) is 3.03. The molecule has 0 amide bonds. The average molecular weight is 303 g/mol. The van der Waals surface area contributed by atoms with Gasteiger partial charge in [0.15, 0.2) is 0 Å². The van der Waals surface area contributed by atoms with E-state index >= 15 is 0 Å². The minimum atomic E-state index is -3.92. The van der Waals surface area contributed by atoms with Crippen molar-refractivity contribution >= 4 is 10.0 Å². The van der Waals surface area contributed by atoms with Crippen LogP contribution in [0, 0.1) is 0 Å². The maximum Gasteiger partial charge on any atom is 0.241 e. The molecule has 1 aromatic carbocycles. The maximum absolute atomic E-state index is 12.1. The van der Waals surface area contributed by atoms with E-state index < -0.39 is 35.4 Å². The summed E-state index contributed by atoms with van der Waals surface area (Å²) in [5, 5.41) is 27.5. The summed E-state index contributed by atoms with van der Waals surface area (Å²) in [7, 11) is -3.92. The van der Waals surface area contributed by atoms with Gasteiger partial charge in [-0.2, -0.15) is 4.72 Å². The predicted molar refractivity (Wildman–Crippen MR) is 74.7 cm³/mol. The van der Waals surface area contributed by atoms with Gasteiger partial charge in [0.25, 0.3) is 0 Å². The Hall–Kier alpha value is -0.990. The van der Waals surface area contributed by atoms with E-state index in [1.807, 2.05) is 6.92 Å². The van der Waals surface area contributed by atoms with Gasteiger partial charge in [0.2, 0.25) is 10.0 Å².